The van der Waals surface area contributed by atoms with Crippen LogP contribution in [0.25, 0.3) is 0 Å². The van der Waals surface area contributed by atoms with Gasteiger partial charge in [0.15, 0.2) is 0 Å². The van der Waals surface area contributed by atoms with Crippen molar-refractivity contribution in [2.24, 2.45) is 5.84 Å². The van der Waals surface area contributed by atoms with Crippen molar-refractivity contribution in [2.45, 2.75) is 25.6 Å². The quantitative estimate of drug-likeness (QED) is 0.629. The van der Waals surface area contributed by atoms with Gasteiger partial charge in [-0.25, -0.2) is 5.01 Å². The highest BCUT2D eigenvalue weighted by molar-refractivity contribution is 5.35. The van der Waals surface area contributed by atoms with Crippen molar-refractivity contribution in [1.29, 1.82) is 0 Å². The first-order valence-electron chi connectivity index (χ1n) is 7.62. The SMILES string of the molecule is Cc1cccc(C(CCOc2ccccc2C(F)(F)F)N(C)N)c1. The molecule has 2 aromatic rings. The minimum atomic E-state index is -4.43. The summed E-state index contributed by atoms with van der Waals surface area (Å²) in [6, 6.07) is 13.0. The van der Waals surface area contributed by atoms with Crippen molar-refractivity contribution in [3.63, 3.8) is 0 Å². The Labute approximate surface area is 139 Å². The van der Waals surface area contributed by atoms with E-state index in [1.807, 2.05) is 31.2 Å². The molecule has 1 atom stereocenters. The van der Waals surface area contributed by atoms with Gasteiger partial charge in [-0.2, -0.15) is 13.2 Å². The van der Waals surface area contributed by atoms with Gasteiger partial charge in [0.05, 0.1) is 18.2 Å². The zero-order chi connectivity index (χ0) is 17.7. The lowest BCUT2D eigenvalue weighted by Crippen LogP contribution is -2.32. The fourth-order valence-corrected chi connectivity index (χ4v) is 2.59. The molecule has 1 unspecified atom stereocenters. The van der Waals surface area contributed by atoms with Gasteiger partial charge < -0.3 is 4.74 Å². The molecule has 130 valence electrons. The van der Waals surface area contributed by atoms with Crippen LogP contribution < -0.4 is 10.6 Å². The maximum absolute atomic E-state index is 13.0. The van der Waals surface area contributed by atoms with E-state index in [-0.39, 0.29) is 18.4 Å². The third kappa shape index (κ3) is 4.72. The number of hydrogen-bond acceptors (Lipinski definition) is 3. The van der Waals surface area contributed by atoms with Crippen molar-refractivity contribution >= 4 is 0 Å². The van der Waals surface area contributed by atoms with Gasteiger partial charge in [0.1, 0.15) is 5.75 Å². The predicted molar refractivity (Wildman–Crippen MR) is 87.4 cm³/mol. The Morgan fingerprint density at radius 1 is 1.12 bits per heavy atom. The lowest BCUT2D eigenvalue weighted by Gasteiger charge is -2.25. The second-order valence-electron chi connectivity index (χ2n) is 5.73. The summed E-state index contributed by atoms with van der Waals surface area (Å²) in [5, 5.41) is 1.55. The van der Waals surface area contributed by atoms with Crippen LogP contribution in [0.15, 0.2) is 48.5 Å². The molecule has 0 amide bonds. The molecule has 0 aliphatic rings. The molecule has 2 N–H and O–H groups in total. The van der Waals surface area contributed by atoms with Crippen LogP contribution in [-0.2, 0) is 6.18 Å². The van der Waals surface area contributed by atoms with Crippen LogP contribution >= 0.6 is 0 Å². The van der Waals surface area contributed by atoms with E-state index in [0.717, 1.165) is 17.2 Å². The first-order chi connectivity index (χ1) is 11.3. The van der Waals surface area contributed by atoms with Gasteiger partial charge in [-0.3, -0.25) is 5.84 Å². The summed E-state index contributed by atoms with van der Waals surface area (Å²) in [5.41, 5.74) is 1.34. The summed E-state index contributed by atoms with van der Waals surface area (Å²) in [7, 11) is 1.73. The van der Waals surface area contributed by atoms with Crippen LogP contribution in [0.2, 0.25) is 0 Å². The Morgan fingerprint density at radius 3 is 2.46 bits per heavy atom. The van der Waals surface area contributed by atoms with Gasteiger partial charge in [0, 0.05) is 13.5 Å². The van der Waals surface area contributed by atoms with E-state index in [0.29, 0.717) is 6.42 Å². The van der Waals surface area contributed by atoms with Crippen molar-refractivity contribution in [3.05, 3.63) is 65.2 Å². The van der Waals surface area contributed by atoms with E-state index < -0.39 is 11.7 Å². The standard InChI is InChI=1S/C18H21F3N2O/c1-13-6-5-7-14(12-13)16(23(2)22)10-11-24-17-9-4-3-8-15(17)18(19,20)21/h3-9,12,16H,10-11,22H2,1-2H3. The van der Waals surface area contributed by atoms with Gasteiger partial charge in [-0.1, -0.05) is 42.0 Å². The number of halogens is 3. The van der Waals surface area contributed by atoms with Gasteiger partial charge >= 0.3 is 6.18 Å². The number of alkyl halides is 3. The Hall–Kier alpha value is -2.05. The van der Waals surface area contributed by atoms with E-state index in [4.69, 9.17) is 10.6 Å². The highest BCUT2D eigenvalue weighted by Gasteiger charge is 2.34. The van der Waals surface area contributed by atoms with Crippen LogP contribution in [0.1, 0.15) is 29.2 Å². The largest absolute Gasteiger partial charge is 0.493 e. The topological polar surface area (TPSA) is 38.5 Å². The highest BCUT2D eigenvalue weighted by atomic mass is 19.4. The molecule has 0 radical (unpaired) electrons. The number of nitrogens with two attached hydrogens (primary N) is 1. The van der Waals surface area contributed by atoms with E-state index in [2.05, 4.69) is 0 Å². The molecule has 6 heteroatoms. The van der Waals surface area contributed by atoms with Crippen LogP contribution in [0.5, 0.6) is 5.75 Å². The van der Waals surface area contributed by atoms with Crippen molar-refractivity contribution in [3.8, 4) is 5.75 Å². The molecule has 0 aliphatic carbocycles. The number of benzene rings is 2. The van der Waals surface area contributed by atoms with Gasteiger partial charge in [-0.05, 0) is 24.6 Å². The number of para-hydroxylation sites is 1. The van der Waals surface area contributed by atoms with Crippen LogP contribution in [0.4, 0.5) is 13.2 Å². The van der Waals surface area contributed by atoms with Crippen molar-refractivity contribution in [1.82, 2.24) is 5.01 Å². The first-order valence-corrected chi connectivity index (χ1v) is 7.62. The van der Waals surface area contributed by atoms with Gasteiger partial charge in [0.2, 0.25) is 0 Å². The molecule has 0 fully saturated rings. The summed E-state index contributed by atoms with van der Waals surface area (Å²) in [6.45, 7) is 2.11. The molecule has 0 aromatic heterocycles. The fraction of sp³-hybridized carbons (Fsp3) is 0.333. The van der Waals surface area contributed by atoms with Crippen LogP contribution in [0, 0.1) is 6.92 Å². The molecule has 2 rings (SSSR count). The Kier molecular flexibility index (Phi) is 5.85. The molecule has 0 saturated carbocycles. The van der Waals surface area contributed by atoms with E-state index in [1.54, 1.807) is 12.1 Å². The average molecular weight is 338 g/mol. The number of rotatable bonds is 6. The summed E-state index contributed by atoms with van der Waals surface area (Å²) >= 11 is 0. The zero-order valence-electron chi connectivity index (χ0n) is 13.7. The smallest absolute Gasteiger partial charge is 0.419 e. The van der Waals surface area contributed by atoms with E-state index in [1.165, 1.54) is 18.2 Å². The van der Waals surface area contributed by atoms with Crippen LogP contribution in [-0.4, -0.2) is 18.7 Å². The molecule has 0 spiro atoms. The molecule has 0 aliphatic heterocycles. The molecule has 2 aromatic carbocycles. The zero-order valence-corrected chi connectivity index (χ0v) is 13.7. The van der Waals surface area contributed by atoms with Gasteiger partial charge in [0.25, 0.3) is 0 Å². The predicted octanol–water partition coefficient (Wildman–Crippen LogP) is 4.33. The van der Waals surface area contributed by atoms with E-state index >= 15 is 0 Å². The third-order valence-corrected chi connectivity index (χ3v) is 3.76. The second kappa shape index (κ2) is 7.68. The number of nitrogens with zero attached hydrogens (tertiary/aromatic N) is 1. The maximum Gasteiger partial charge on any atom is 0.419 e. The fourth-order valence-electron chi connectivity index (χ4n) is 2.59. The molecule has 0 saturated heterocycles. The van der Waals surface area contributed by atoms with Crippen molar-refractivity contribution < 1.29 is 17.9 Å². The summed E-state index contributed by atoms with van der Waals surface area (Å²) in [4.78, 5) is 0. The lowest BCUT2D eigenvalue weighted by atomic mass is 10.0. The molecule has 3 nitrogen and oxygen atoms in total. The molecule has 24 heavy (non-hydrogen) atoms. The third-order valence-electron chi connectivity index (χ3n) is 3.76. The molecular weight excluding hydrogens is 317 g/mol. The normalized spacial score (nSPS) is 13.1. The number of aryl methyl sites for hydroxylation is 1. The minimum absolute atomic E-state index is 0.132. The number of hydrazine groups is 1. The monoisotopic (exact) mass is 338 g/mol. The molecule has 0 heterocycles. The molecular formula is C18H21F3N2O. The number of ether oxygens (including phenoxy) is 1. The maximum atomic E-state index is 13.0. The lowest BCUT2D eigenvalue weighted by molar-refractivity contribution is -0.139. The highest BCUT2D eigenvalue weighted by Crippen LogP contribution is 2.36. The summed E-state index contributed by atoms with van der Waals surface area (Å²) in [6.07, 6.45) is -3.96. The Morgan fingerprint density at radius 2 is 1.83 bits per heavy atom. The molecule has 0 bridgehead atoms. The summed E-state index contributed by atoms with van der Waals surface area (Å²) < 4.78 is 44.3. The Balaban J connectivity index is 2.07. The second-order valence-corrected chi connectivity index (χ2v) is 5.73. The number of hydrogen-bond donors (Lipinski definition) is 1. The van der Waals surface area contributed by atoms with E-state index in [9.17, 15) is 13.2 Å². The van der Waals surface area contributed by atoms with Crippen LogP contribution in [0.3, 0.4) is 0 Å². The van der Waals surface area contributed by atoms with Gasteiger partial charge in [-0.15, -0.1) is 0 Å². The minimum Gasteiger partial charge on any atom is -0.493 e. The first kappa shape index (κ1) is 18.3. The van der Waals surface area contributed by atoms with Crippen molar-refractivity contribution in [2.75, 3.05) is 13.7 Å². The average Bonchev–Trinajstić information content (AvgIpc) is 2.50. The summed E-state index contributed by atoms with van der Waals surface area (Å²) in [5.74, 6) is 5.74. The Bertz CT molecular complexity index is 671.